The number of hydrogen-bond acceptors (Lipinski definition) is 5. The number of piperidine rings is 1. The number of hydrogen-bond donors (Lipinski definition) is 0. The maximum atomic E-state index is 11.1. The van der Waals surface area contributed by atoms with Crippen LogP contribution in [-0.4, -0.2) is 23.1 Å². The smallest absolute Gasteiger partial charge is 0.152 e. The molecular weight excluding hydrogens is 432 g/mol. The molecule has 1 saturated heterocycles. The lowest BCUT2D eigenvalue weighted by atomic mass is 9.68. The molecule has 6 heteroatoms. The number of nitrogens with zero attached hydrogens (tertiary/aromatic N) is 4. The number of nitroso groups, excluding NO2 is 1. The van der Waals surface area contributed by atoms with Gasteiger partial charge in [-0.3, -0.25) is 0 Å². The molecular formula is C27H41ClN4O. The van der Waals surface area contributed by atoms with E-state index in [-0.39, 0.29) is 6.54 Å². The van der Waals surface area contributed by atoms with Gasteiger partial charge in [-0.2, -0.15) is 4.91 Å². The van der Waals surface area contributed by atoms with Gasteiger partial charge in [-0.25, -0.2) is 9.97 Å². The minimum Gasteiger partial charge on any atom is -0.355 e. The number of benzene rings is 1. The summed E-state index contributed by atoms with van der Waals surface area (Å²) in [4.78, 5) is 23.2. The fourth-order valence-electron chi connectivity index (χ4n) is 5.04. The third-order valence-corrected chi connectivity index (χ3v) is 7.32. The summed E-state index contributed by atoms with van der Waals surface area (Å²) in [6, 6.07) is 5.90. The van der Waals surface area contributed by atoms with E-state index in [1.807, 2.05) is 59.7 Å². The SMILES string of the molecule is CC.CC.Cc1cccc(-c2nc(CN=O)c(N3CCC4(CCCCC4)CC3)nc2C)c1Cl. The van der Waals surface area contributed by atoms with Gasteiger partial charge in [0.2, 0.25) is 0 Å². The van der Waals surface area contributed by atoms with Crippen molar-refractivity contribution in [1.82, 2.24) is 9.97 Å². The van der Waals surface area contributed by atoms with E-state index in [0.717, 1.165) is 41.4 Å². The molecule has 0 bridgehead atoms. The van der Waals surface area contributed by atoms with E-state index in [1.165, 1.54) is 44.9 Å². The van der Waals surface area contributed by atoms with Crippen molar-refractivity contribution >= 4 is 17.4 Å². The van der Waals surface area contributed by atoms with E-state index >= 15 is 0 Å². The summed E-state index contributed by atoms with van der Waals surface area (Å²) in [5.74, 6) is 0.820. The molecule has 33 heavy (non-hydrogen) atoms. The summed E-state index contributed by atoms with van der Waals surface area (Å²) in [7, 11) is 0. The summed E-state index contributed by atoms with van der Waals surface area (Å²) in [5.41, 5.74) is 4.60. The van der Waals surface area contributed by atoms with E-state index in [2.05, 4.69) is 10.1 Å². The van der Waals surface area contributed by atoms with Crippen molar-refractivity contribution < 1.29 is 0 Å². The summed E-state index contributed by atoms with van der Waals surface area (Å²) >= 11 is 6.54. The minimum absolute atomic E-state index is 0.0285. The monoisotopic (exact) mass is 472 g/mol. The lowest BCUT2D eigenvalue weighted by Crippen LogP contribution is -2.42. The van der Waals surface area contributed by atoms with Crippen molar-refractivity contribution in [2.75, 3.05) is 18.0 Å². The molecule has 1 saturated carbocycles. The highest BCUT2D eigenvalue weighted by Gasteiger charge is 2.36. The fourth-order valence-corrected chi connectivity index (χ4v) is 5.26. The molecule has 1 aromatic heterocycles. The Hall–Kier alpha value is -2.01. The molecule has 2 heterocycles. The van der Waals surface area contributed by atoms with E-state index in [0.29, 0.717) is 16.1 Å². The van der Waals surface area contributed by atoms with E-state index < -0.39 is 0 Å². The van der Waals surface area contributed by atoms with Crippen molar-refractivity contribution in [3.05, 3.63) is 45.1 Å². The molecule has 0 radical (unpaired) electrons. The minimum atomic E-state index is 0.0285. The Morgan fingerprint density at radius 2 is 1.61 bits per heavy atom. The number of aromatic nitrogens is 2. The molecule has 5 nitrogen and oxygen atoms in total. The van der Waals surface area contributed by atoms with E-state index in [1.54, 1.807) is 0 Å². The summed E-state index contributed by atoms with van der Waals surface area (Å²) < 4.78 is 0. The van der Waals surface area contributed by atoms with Gasteiger partial charge in [0, 0.05) is 18.7 Å². The molecule has 4 rings (SSSR count). The average molecular weight is 473 g/mol. The third-order valence-electron chi connectivity index (χ3n) is 6.82. The second-order valence-corrected chi connectivity index (χ2v) is 9.08. The molecule has 0 amide bonds. The molecule has 1 aliphatic carbocycles. The Bertz CT molecular complexity index is 899. The highest BCUT2D eigenvalue weighted by Crippen LogP contribution is 2.45. The zero-order valence-electron chi connectivity index (χ0n) is 21.4. The zero-order valence-corrected chi connectivity index (χ0v) is 22.1. The Morgan fingerprint density at radius 1 is 0.970 bits per heavy atom. The van der Waals surface area contributed by atoms with Crippen LogP contribution in [0.5, 0.6) is 0 Å². The number of aryl methyl sites for hydroxylation is 2. The first kappa shape index (κ1) is 27.2. The van der Waals surface area contributed by atoms with Crippen LogP contribution in [0, 0.1) is 24.2 Å². The molecule has 1 aromatic carbocycles. The van der Waals surface area contributed by atoms with Gasteiger partial charge < -0.3 is 4.90 Å². The first-order valence-electron chi connectivity index (χ1n) is 12.7. The Kier molecular flexibility index (Phi) is 10.7. The van der Waals surface area contributed by atoms with Crippen molar-refractivity contribution in [1.29, 1.82) is 0 Å². The van der Waals surface area contributed by atoms with Crippen molar-refractivity contribution in [3.8, 4) is 11.3 Å². The highest BCUT2D eigenvalue weighted by atomic mass is 35.5. The predicted octanol–water partition coefficient (Wildman–Crippen LogP) is 8.28. The fraction of sp³-hybridized carbons (Fsp3) is 0.630. The van der Waals surface area contributed by atoms with Gasteiger partial charge in [0.25, 0.3) is 0 Å². The molecule has 182 valence electrons. The lowest BCUT2D eigenvalue weighted by molar-refractivity contribution is 0.144. The number of anilines is 1. The molecule has 2 fully saturated rings. The van der Waals surface area contributed by atoms with Crippen LogP contribution in [0.25, 0.3) is 11.3 Å². The molecule has 0 unspecified atom stereocenters. The van der Waals surface area contributed by atoms with Gasteiger partial charge in [0.1, 0.15) is 12.2 Å². The standard InChI is InChI=1S/C23H29ClN4O.2C2H6/c1-16-7-6-8-18(20(16)24)21-17(2)26-22(19(27-21)15-25-29)28-13-11-23(12-14-28)9-4-3-5-10-23;2*1-2/h6-8H,3-5,9-15H2,1-2H3;2*1-2H3. The largest absolute Gasteiger partial charge is 0.355 e. The van der Waals surface area contributed by atoms with Crippen LogP contribution in [0.3, 0.4) is 0 Å². The van der Waals surface area contributed by atoms with Crippen LogP contribution in [0.1, 0.15) is 89.6 Å². The topological polar surface area (TPSA) is 58.5 Å². The molecule has 2 aliphatic rings. The number of rotatable bonds is 4. The second kappa shape index (κ2) is 13.0. The van der Waals surface area contributed by atoms with Crippen molar-refractivity contribution in [3.63, 3.8) is 0 Å². The first-order valence-corrected chi connectivity index (χ1v) is 13.1. The van der Waals surface area contributed by atoms with Gasteiger partial charge >= 0.3 is 0 Å². The van der Waals surface area contributed by atoms with Crippen molar-refractivity contribution in [2.24, 2.45) is 10.6 Å². The van der Waals surface area contributed by atoms with Crippen LogP contribution in [-0.2, 0) is 6.54 Å². The summed E-state index contributed by atoms with van der Waals surface area (Å²) in [6.45, 7) is 13.9. The third kappa shape index (κ3) is 6.32. The second-order valence-electron chi connectivity index (χ2n) is 8.70. The molecule has 0 N–H and O–H groups in total. The Labute approximate surface area is 205 Å². The number of halogens is 1. The Balaban J connectivity index is 0.000000914. The maximum Gasteiger partial charge on any atom is 0.152 e. The summed E-state index contributed by atoms with van der Waals surface area (Å²) in [6.07, 6.45) is 9.24. The zero-order chi connectivity index (χ0) is 24.4. The van der Waals surface area contributed by atoms with Gasteiger partial charge in [0.15, 0.2) is 5.82 Å². The van der Waals surface area contributed by atoms with Gasteiger partial charge in [-0.1, -0.05) is 81.9 Å². The molecule has 1 aliphatic heterocycles. The highest BCUT2D eigenvalue weighted by molar-refractivity contribution is 6.34. The van der Waals surface area contributed by atoms with Crippen LogP contribution >= 0.6 is 11.6 Å². The quantitative estimate of drug-likeness (QED) is 0.420. The van der Waals surface area contributed by atoms with Crippen LogP contribution in [0.2, 0.25) is 5.02 Å². The van der Waals surface area contributed by atoms with E-state index in [4.69, 9.17) is 21.6 Å². The van der Waals surface area contributed by atoms with Crippen LogP contribution < -0.4 is 4.90 Å². The van der Waals surface area contributed by atoms with E-state index in [9.17, 15) is 4.91 Å². The summed E-state index contributed by atoms with van der Waals surface area (Å²) in [5, 5.41) is 3.82. The Morgan fingerprint density at radius 3 is 2.21 bits per heavy atom. The van der Waals surface area contributed by atoms with Gasteiger partial charge in [-0.15, -0.1) is 0 Å². The lowest BCUT2D eigenvalue weighted by Gasteiger charge is -2.45. The predicted molar refractivity (Wildman–Crippen MR) is 141 cm³/mol. The van der Waals surface area contributed by atoms with Crippen LogP contribution in [0.4, 0.5) is 5.82 Å². The van der Waals surface area contributed by atoms with Gasteiger partial charge in [0.05, 0.1) is 16.4 Å². The maximum absolute atomic E-state index is 11.1. The molecule has 1 spiro atoms. The molecule has 2 aromatic rings. The average Bonchev–Trinajstić information content (AvgIpc) is 2.86. The van der Waals surface area contributed by atoms with Crippen molar-refractivity contribution in [2.45, 2.75) is 93.0 Å². The first-order chi connectivity index (χ1) is 16.0. The van der Waals surface area contributed by atoms with Crippen LogP contribution in [0.15, 0.2) is 23.4 Å². The normalized spacial score (nSPS) is 16.9. The van der Waals surface area contributed by atoms with Gasteiger partial charge in [-0.05, 0) is 50.5 Å². The molecule has 0 atom stereocenters.